The van der Waals surface area contributed by atoms with E-state index in [0.29, 0.717) is 0 Å². The number of para-hydroxylation sites is 1. The zero-order valence-corrected chi connectivity index (χ0v) is 8.66. The van der Waals surface area contributed by atoms with E-state index in [1.807, 2.05) is 24.3 Å². The molecular weight excluding hydrogens is 174 g/mol. The highest BCUT2D eigenvalue weighted by Crippen LogP contribution is 2.32. The quantitative estimate of drug-likeness (QED) is 0.712. The average Bonchev–Trinajstić information content (AvgIpc) is 2.51. The van der Waals surface area contributed by atoms with Gasteiger partial charge in [0.15, 0.2) is 5.78 Å². The standard InChI is InChI=1S/C12H15NO/c1-3-10-12(14)9-7-5-6-8-11(9)13(10)4-2/h5-8,10H,3-4H2,1-2H3. The normalized spacial score (nSPS) is 20.0. The molecule has 2 rings (SSSR count). The fourth-order valence-electron chi connectivity index (χ4n) is 2.22. The first-order chi connectivity index (χ1) is 6.79. The largest absolute Gasteiger partial charge is 0.361 e. The van der Waals surface area contributed by atoms with Crippen molar-refractivity contribution in [3.63, 3.8) is 0 Å². The van der Waals surface area contributed by atoms with Crippen molar-refractivity contribution in [1.82, 2.24) is 0 Å². The van der Waals surface area contributed by atoms with E-state index in [4.69, 9.17) is 0 Å². The van der Waals surface area contributed by atoms with Crippen LogP contribution >= 0.6 is 0 Å². The highest BCUT2D eigenvalue weighted by Gasteiger charge is 2.34. The fourth-order valence-corrected chi connectivity index (χ4v) is 2.22. The Bertz CT molecular complexity index is 359. The SMILES string of the molecule is CCC1C(=O)c2ccccc2N1CC. The summed E-state index contributed by atoms with van der Waals surface area (Å²) in [5, 5.41) is 0. The summed E-state index contributed by atoms with van der Waals surface area (Å²) in [6.45, 7) is 5.07. The second kappa shape index (κ2) is 3.45. The van der Waals surface area contributed by atoms with Crippen LogP contribution in [-0.4, -0.2) is 18.4 Å². The van der Waals surface area contributed by atoms with Crippen molar-refractivity contribution in [2.24, 2.45) is 0 Å². The molecule has 0 aliphatic carbocycles. The molecule has 0 bridgehead atoms. The van der Waals surface area contributed by atoms with Crippen molar-refractivity contribution in [3.05, 3.63) is 29.8 Å². The lowest BCUT2D eigenvalue weighted by atomic mass is 10.1. The molecule has 1 aliphatic heterocycles. The van der Waals surface area contributed by atoms with Crippen LogP contribution in [-0.2, 0) is 0 Å². The van der Waals surface area contributed by atoms with Gasteiger partial charge in [-0.1, -0.05) is 19.1 Å². The summed E-state index contributed by atoms with van der Waals surface area (Å²) in [5.74, 6) is 0.282. The summed E-state index contributed by atoms with van der Waals surface area (Å²) < 4.78 is 0. The number of ketones is 1. The highest BCUT2D eigenvalue weighted by atomic mass is 16.1. The van der Waals surface area contributed by atoms with E-state index < -0.39 is 0 Å². The first-order valence-corrected chi connectivity index (χ1v) is 5.19. The molecule has 0 saturated heterocycles. The van der Waals surface area contributed by atoms with Gasteiger partial charge in [-0.05, 0) is 25.5 Å². The minimum absolute atomic E-state index is 0.0670. The maximum Gasteiger partial charge on any atom is 0.187 e. The van der Waals surface area contributed by atoms with Crippen molar-refractivity contribution in [2.45, 2.75) is 26.3 Å². The van der Waals surface area contributed by atoms with Gasteiger partial charge in [0.2, 0.25) is 0 Å². The van der Waals surface area contributed by atoms with Crippen LogP contribution in [0.25, 0.3) is 0 Å². The van der Waals surface area contributed by atoms with E-state index in [1.165, 1.54) is 0 Å². The third kappa shape index (κ3) is 1.14. The van der Waals surface area contributed by atoms with Gasteiger partial charge in [-0.25, -0.2) is 0 Å². The summed E-state index contributed by atoms with van der Waals surface area (Å²) in [7, 11) is 0. The second-order valence-corrected chi connectivity index (χ2v) is 3.59. The Kier molecular flexibility index (Phi) is 2.28. The van der Waals surface area contributed by atoms with Crippen LogP contribution in [0.15, 0.2) is 24.3 Å². The Morgan fingerprint density at radius 2 is 2.00 bits per heavy atom. The van der Waals surface area contributed by atoms with Gasteiger partial charge in [0.25, 0.3) is 0 Å². The van der Waals surface area contributed by atoms with Crippen molar-refractivity contribution in [2.75, 3.05) is 11.4 Å². The lowest BCUT2D eigenvalue weighted by Gasteiger charge is -2.23. The van der Waals surface area contributed by atoms with Crippen molar-refractivity contribution >= 4 is 11.5 Å². The van der Waals surface area contributed by atoms with Gasteiger partial charge in [-0.15, -0.1) is 0 Å². The molecular formula is C12H15NO. The number of hydrogen-bond donors (Lipinski definition) is 0. The summed E-state index contributed by atoms with van der Waals surface area (Å²) in [4.78, 5) is 14.1. The molecule has 0 amide bonds. The molecule has 0 fully saturated rings. The van der Waals surface area contributed by atoms with Gasteiger partial charge < -0.3 is 4.90 Å². The Balaban J connectivity index is 2.48. The minimum atomic E-state index is 0.0670. The number of anilines is 1. The van der Waals surface area contributed by atoms with Crippen LogP contribution in [0, 0.1) is 0 Å². The number of benzene rings is 1. The number of carbonyl (C=O) groups excluding carboxylic acids is 1. The van der Waals surface area contributed by atoms with Gasteiger partial charge in [0.05, 0.1) is 6.04 Å². The molecule has 0 radical (unpaired) electrons. The number of nitrogens with zero attached hydrogens (tertiary/aromatic N) is 1. The molecule has 2 nitrogen and oxygen atoms in total. The maximum atomic E-state index is 12.0. The molecule has 1 unspecified atom stereocenters. The minimum Gasteiger partial charge on any atom is -0.361 e. The van der Waals surface area contributed by atoms with E-state index >= 15 is 0 Å². The van der Waals surface area contributed by atoms with Gasteiger partial charge >= 0.3 is 0 Å². The molecule has 0 N–H and O–H groups in total. The van der Waals surface area contributed by atoms with Gasteiger partial charge in [0, 0.05) is 17.8 Å². The first kappa shape index (κ1) is 9.25. The number of rotatable bonds is 2. The molecule has 0 spiro atoms. The van der Waals surface area contributed by atoms with Crippen molar-refractivity contribution in [3.8, 4) is 0 Å². The number of carbonyl (C=O) groups is 1. The summed E-state index contributed by atoms with van der Waals surface area (Å²) in [6, 6.07) is 7.95. The van der Waals surface area contributed by atoms with E-state index in [9.17, 15) is 4.79 Å². The molecule has 1 aromatic rings. The second-order valence-electron chi connectivity index (χ2n) is 3.59. The zero-order valence-electron chi connectivity index (χ0n) is 8.66. The predicted molar refractivity (Wildman–Crippen MR) is 57.9 cm³/mol. The maximum absolute atomic E-state index is 12.0. The smallest absolute Gasteiger partial charge is 0.187 e. The number of hydrogen-bond acceptors (Lipinski definition) is 2. The molecule has 1 aliphatic rings. The van der Waals surface area contributed by atoms with Gasteiger partial charge in [-0.3, -0.25) is 4.79 Å². The molecule has 0 saturated carbocycles. The predicted octanol–water partition coefficient (Wildman–Crippen LogP) is 2.49. The highest BCUT2D eigenvalue weighted by molar-refractivity contribution is 6.10. The van der Waals surface area contributed by atoms with Crippen LogP contribution in [0.3, 0.4) is 0 Å². The first-order valence-electron chi connectivity index (χ1n) is 5.19. The molecule has 74 valence electrons. The third-order valence-corrected chi connectivity index (χ3v) is 2.89. The lowest BCUT2D eigenvalue weighted by molar-refractivity contribution is 0.0969. The van der Waals surface area contributed by atoms with Crippen LogP contribution < -0.4 is 4.90 Å². The Hall–Kier alpha value is -1.31. The molecule has 1 aromatic carbocycles. The Morgan fingerprint density at radius 1 is 1.29 bits per heavy atom. The van der Waals surface area contributed by atoms with Crippen LogP contribution in [0.2, 0.25) is 0 Å². The van der Waals surface area contributed by atoms with E-state index in [-0.39, 0.29) is 11.8 Å². The Morgan fingerprint density at radius 3 is 2.64 bits per heavy atom. The molecule has 0 aromatic heterocycles. The summed E-state index contributed by atoms with van der Waals surface area (Å²) in [6.07, 6.45) is 0.890. The van der Waals surface area contributed by atoms with Crippen LogP contribution in [0.4, 0.5) is 5.69 Å². The van der Waals surface area contributed by atoms with E-state index in [0.717, 1.165) is 24.2 Å². The summed E-state index contributed by atoms with van der Waals surface area (Å²) >= 11 is 0. The Labute approximate surface area is 84.5 Å². The summed E-state index contributed by atoms with van der Waals surface area (Å²) in [5.41, 5.74) is 1.99. The van der Waals surface area contributed by atoms with Crippen molar-refractivity contribution in [1.29, 1.82) is 0 Å². The molecule has 2 heteroatoms. The van der Waals surface area contributed by atoms with E-state index in [2.05, 4.69) is 18.7 Å². The number of fused-ring (bicyclic) bond motifs is 1. The third-order valence-electron chi connectivity index (χ3n) is 2.89. The number of likely N-dealkylation sites (N-methyl/N-ethyl adjacent to an activating group) is 1. The van der Waals surface area contributed by atoms with Gasteiger partial charge in [0.1, 0.15) is 0 Å². The topological polar surface area (TPSA) is 20.3 Å². The lowest BCUT2D eigenvalue weighted by Crippen LogP contribution is -2.34. The fraction of sp³-hybridized carbons (Fsp3) is 0.417. The van der Waals surface area contributed by atoms with Crippen LogP contribution in [0.1, 0.15) is 30.6 Å². The average molecular weight is 189 g/mol. The molecule has 14 heavy (non-hydrogen) atoms. The van der Waals surface area contributed by atoms with Crippen LogP contribution in [0.5, 0.6) is 0 Å². The van der Waals surface area contributed by atoms with E-state index in [1.54, 1.807) is 0 Å². The zero-order chi connectivity index (χ0) is 10.1. The monoisotopic (exact) mass is 189 g/mol. The number of Topliss-reactive ketones (excluding diaryl/α,β-unsaturated/α-hetero) is 1. The molecule has 1 heterocycles. The van der Waals surface area contributed by atoms with Gasteiger partial charge in [-0.2, -0.15) is 0 Å². The van der Waals surface area contributed by atoms with Crippen molar-refractivity contribution < 1.29 is 4.79 Å². The molecule has 1 atom stereocenters.